The van der Waals surface area contributed by atoms with E-state index in [4.69, 9.17) is 4.42 Å². The van der Waals surface area contributed by atoms with Crippen LogP contribution in [0.3, 0.4) is 0 Å². The Kier molecular flexibility index (Phi) is 5.62. The molecule has 0 amide bonds. The van der Waals surface area contributed by atoms with Crippen molar-refractivity contribution in [2.75, 3.05) is 13.6 Å². The molecule has 0 saturated heterocycles. The maximum Gasteiger partial charge on any atom is 0.226 e. The van der Waals surface area contributed by atoms with Gasteiger partial charge in [0.25, 0.3) is 0 Å². The zero-order chi connectivity index (χ0) is 18.4. The highest BCUT2D eigenvalue weighted by Gasteiger charge is 2.11. The molecule has 8 nitrogen and oxygen atoms in total. The average molecular weight is 353 g/mol. The summed E-state index contributed by atoms with van der Waals surface area (Å²) in [4.78, 5) is 15.4. The number of hydrogen-bond acceptors (Lipinski definition) is 5. The van der Waals surface area contributed by atoms with Gasteiger partial charge in [-0.25, -0.2) is 15.0 Å². The number of nitrogens with one attached hydrogen (secondary N) is 1. The lowest BCUT2D eigenvalue weighted by Crippen LogP contribution is -2.39. The van der Waals surface area contributed by atoms with Crippen LogP contribution in [0, 0.1) is 0 Å². The normalized spacial score (nSPS) is 11.6. The Morgan fingerprint density at radius 2 is 2.12 bits per heavy atom. The number of hydrogen-bond donors (Lipinski definition) is 1. The van der Waals surface area contributed by atoms with Gasteiger partial charge in [-0.15, -0.1) is 0 Å². The minimum absolute atomic E-state index is 0.432. The van der Waals surface area contributed by atoms with Crippen molar-refractivity contribution in [2.45, 2.75) is 20.0 Å². The first-order valence-corrected chi connectivity index (χ1v) is 8.49. The van der Waals surface area contributed by atoms with Gasteiger partial charge in [-0.05, 0) is 19.1 Å². The average Bonchev–Trinajstić information content (AvgIpc) is 3.29. The van der Waals surface area contributed by atoms with E-state index in [2.05, 4.69) is 25.4 Å². The first kappa shape index (κ1) is 17.7. The summed E-state index contributed by atoms with van der Waals surface area (Å²) < 4.78 is 7.32. The summed E-state index contributed by atoms with van der Waals surface area (Å²) in [5.74, 6) is 2.25. The number of guanidine groups is 1. The molecule has 0 bridgehead atoms. The van der Waals surface area contributed by atoms with Crippen molar-refractivity contribution in [2.24, 2.45) is 12.0 Å². The molecule has 3 aromatic rings. The van der Waals surface area contributed by atoms with Gasteiger partial charge in [0.2, 0.25) is 5.89 Å². The summed E-state index contributed by atoms with van der Waals surface area (Å²) >= 11 is 0. The molecule has 3 rings (SSSR count). The highest BCUT2D eigenvalue weighted by atomic mass is 16.3. The second-order valence-electron chi connectivity index (χ2n) is 5.84. The fraction of sp³-hybridized carbons (Fsp3) is 0.333. The van der Waals surface area contributed by atoms with Crippen molar-refractivity contribution in [3.05, 3.63) is 54.4 Å². The Morgan fingerprint density at radius 1 is 1.31 bits per heavy atom. The van der Waals surface area contributed by atoms with Crippen molar-refractivity contribution in [1.29, 1.82) is 0 Å². The molecule has 26 heavy (non-hydrogen) atoms. The SMILES string of the molecule is CCNC(=NCc1coc(-c2ccccc2)n1)N(C)Cc1ncnn1C. The fourth-order valence-electron chi connectivity index (χ4n) is 2.47. The zero-order valence-electron chi connectivity index (χ0n) is 15.3. The second kappa shape index (κ2) is 8.28. The molecule has 1 N–H and O–H groups in total. The lowest BCUT2D eigenvalue weighted by Gasteiger charge is -2.21. The van der Waals surface area contributed by atoms with Crippen LogP contribution < -0.4 is 5.32 Å². The van der Waals surface area contributed by atoms with Gasteiger partial charge in [-0.3, -0.25) is 4.68 Å². The van der Waals surface area contributed by atoms with Gasteiger partial charge in [-0.2, -0.15) is 5.10 Å². The van der Waals surface area contributed by atoms with Gasteiger partial charge in [0.15, 0.2) is 5.96 Å². The molecule has 0 aliphatic carbocycles. The Bertz CT molecular complexity index is 853. The van der Waals surface area contributed by atoms with Crippen LogP contribution >= 0.6 is 0 Å². The molecule has 136 valence electrons. The van der Waals surface area contributed by atoms with E-state index in [0.717, 1.165) is 29.6 Å². The largest absolute Gasteiger partial charge is 0.444 e. The number of nitrogens with zero attached hydrogens (tertiary/aromatic N) is 6. The van der Waals surface area contributed by atoms with E-state index in [1.54, 1.807) is 17.3 Å². The monoisotopic (exact) mass is 353 g/mol. The molecule has 0 unspecified atom stereocenters. The predicted octanol–water partition coefficient (Wildman–Crippen LogP) is 2.07. The molecule has 1 aromatic carbocycles. The van der Waals surface area contributed by atoms with Crippen LogP contribution in [0.1, 0.15) is 18.4 Å². The van der Waals surface area contributed by atoms with Crippen molar-refractivity contribution < 1.29 is 4.42 Å². The Balaban J connectivity index is 1.69. The lowest BCUT2D eigenvalue weighted by atomic mass is 10.2. The molecule has 0 spiro atoms. The van der Waals surface area contributed by atoms with Gasteiger partial charge in [0.05, 0.1) is 13.1 Å². The molecular weight excluding hydrogens is 330 g/mol. The van der Waals surface area contributed by atoms with Crippen molar-refractivity contribution >= 4 is 5.96 Å². The number of aryl methyl sites for hydroxylation is 1. The van der Waals surface area contributed by atoms with Crippen LogP contribution in [-0.4, -0.2) is 44.2 Å². The van der Waals surface area contributed by atoms with Crippen LogP contribution in [0.5, 0.6) is 0 Å². The first-order valence-electron chi connectivity index (χ1n) is 8.49. The Morgan fingerprint density at radius 3 is 2.81 bits per heavy atom. The van der Waals surface area contributed by atoms with Crippen LogP contribution in [0.15, 0.2) is 52.3 Å². The summed E-state index contributed by atoms with van der Waals surface area (Å²) in [6, 6.07) is 9.83. The van der Waals surface area contributed by atoms with E-state index in [1.165, 1.54) is 0 Å². The summed E-state index contributed by atoms with van der Waals surface area (Å²) in [5, 5.41) is 7.38. The number of aromatic nitrogens is 4. The van der Waals surface area contributed by atoms with Crippen molar-refractivity contribution in [3.8, 4) is 11.5 Å². The first-order chi connectivity index (χ1) is 12.7. The number of oxazole rings is 1. The van der Waals surface area contributed by atoms with Crippen LogP contribution in [0.4, 0.5) is 0 Å². The van der Waals surface area contributed by atoms with Crippen molar-refractivity contribution in [3.63, 3.8) is 0 Å². The number of aliphatic imine (C=N–C) groups is 1. The van der Waals surface area contributed by atoms with E-state index >= 15 is 0 Å². The molecule has 0 saturated carbocycles. The summed E-state index contributed by atoms with van der Waals surface area (Å²) in [6.07, 6.45) is 3.20. The summed E-state index contributed by atoms with van der Waals surface area (Å²) in [7, 11) is 3.84. The lowest BCUT2D eigenvalue weighted by molar-refractivity contribution is 0.448. The molecule has 2 heterocycles. The topological polar surface area (TPSA) is 84.4 Å². The van der Waals surface area contributed by atoms with Gasteiger partial charge >= 0.3 is 0 Å². The maximum atomic E-state index is 5.57. The third-order valence-electron chi connectivity index (χ3n) is 3.84. The van der Waals surface area contributed by atoms with E-state index in [-0.39, 0.29) is 0 Å². The van der Waals surface area contributed by atoms with E-state index in [9.17, 15) is 0 Å². The molecule has 0 fully saturated rings. The zero-order valence-corrected chi connectivity index (χ0v) is 15.3. The predicted molar refractivity (Wildman–Crippen MR) is 99.2 cm³/mol. The molecule has 0 radical (unpaired) electrons. The van der Waals surface area contributed by atoms with Gasteiger partial charge in [-0.1, -0.05) is 18.2 Å². The van der Waals surface area contributed by atoms with Gasteiger partial charge in [0, 0.05) is 26.2 Å². The van der Waals surface area contributed by atoms with E-state index in [1.807, 2.05) is 56.3 Å². The summed E-state index contributed by atoms with van der Waals surface area (Å²) in [5.41, 5.74) is 1.74. The smallest absolute Gasteiger partial charge is 0.226 e. The molecule has 0 atom stereocenters. The molecular formula is C18H23N7O. The van der Waals surface area contributed by atoms with Crippen LogP contribution in [0.2, 0.25) is 0 Å². The fourth-order valence-corrected chi connectivity index (χ4v) is 2.47. The second-order valence-corrected chi connectivity index (χ2v) is 5.84. The minimum Gasteiger partial charge on any atom is -0.444 e. The molecule has 8 heteroatoms. The van der Waals surface area contributed by atoms with E-state index in [0.29, 0.717) is 19.0 Å². The van der Waals surface area contributed by atoms with Crippen LogP contribution in [-0.2, 0) is 20.1 Å². The molecule has 0 aliphatic heterocycles. The Labute approximate surface area is 152 Å². The highest BCUT2D eigenvalue weighted by molar-refractivity contribution is 5.79. The third-order valence-corrected chi connectivity index (χ3v) is 3.84. The van der Waals surface area contributed by atoms with Gasteiger partial charge < -0.3 is 14.6 Å². The third kappa shape index (κ3) is 4.27. The minimum atomic E-state index is 0.432. The van der Waals surface area contributed by atoms with Crippen LogP contribution in [0.25, 0.3) is 11.5 Å². The maximum absolute atomic E-state index is 5.57. The van der Waals surface area contributed by atoms with E-state index < -0.39 is 0 Å². The number of rotatable bonds is 6. The van der Waals surface area contributed by atoms with Crippen molar-refractivity contribution in [1.82, 2.24) is 30.0 Å². The molecule has 2 aromatic heterocycles. The quantitative estimate of drug-likeness (QED) is 0.539. The Hall–Kier alpha value is -3.16. The molecule has 0 aliphatic rings. The number of benzene rings is 1. The highest BCUT2D eigenvalue weighted by Crippen LogP contribution is 2.18. The standard InChI is InChI=1S/C18H23N7O/c1-4-19-18(24(2)11-16-21-13-22-25(16)3)20-10-15-12-26-17(23-15)14-8-6-5-7-9-14/h5-9,12-13H,4,10-11H2,1-3H3,(H,19,20). The summed E-state index contributed by atoms with van der Waals surface area (Å²) in [6.45, 7) is 3.85. The van der Waals surface area contributed by atoms with Gasteiger partial charge in [0.1, 0.15) is 24.1 Å².